The Morgan fingerprint density at radius 2 is 1.66 bits per heavy atom. The van der Waals surface area contributed by atoms with E-state index in [-0.39, 0.29) is 23.5 Å². The smallest absolute Gasteiger partial charge is 0.258 e. The molecule has 1 N–H and O–H groups in total. The zero-order valence-electron chi connectivity index (χ0n) is 17.2. The van der Waals surface area contributed by atoms with E-state index in [1.807, 2.05) is 37.4 Å². The molecular formula is C21H28N2O4S2. The van der Waals surface area contributed by atoms with Gasteiger partial charge in [-0.1, -0.05) is 26.0 Å². The molecule has 0 spiro atoms. The first kappa shape index (κ1) is 23.3. The van der Waals surface area contributed by atoms with Crippen molar-refractivity contribution in [3.05, 3.63) is 54.1 Å². The topological polar surface area (TPSA) is 75.7 Å². The van der Waals surface area contributed by atoms with Gasteiger partial charge in [-0.15, -0.1) is 11.8 Å². The van der Waals surface area contributed by atoms with Crippen LogP contribution in [0.2, 0.25) is 0 Å². The first-order valence-electron chi connectivity index (χ1n) is 9.48. The number of carbonyl (C=O) groups is 1. The molecule has 2 aromatic carbocycles. The van der Waals surface area contributed by atoms with Gasteiger partial charge < -0.3 is 10.1 Å². The van der Waals surface area contributed by atoms with Crippen molar-refractivity contribution in [1.82, 2.24) is 9.62 Å². The van der Waals surface area contributed by atoms with Gasteiger partial charge >= 0.3 is 0 Å². The van der Waals surface area contributed by atoms with Crippen molar-refractivity contribution >= 4 is 27.7 Å². The molecule has 2 rings (SSSR count). The third kappa shape index (κ3) is 6.22. The highest BCUT2D eigenvalue weighted by Crippen LogP contribution is 2.20. The Balaban J connectivity index is 1.91. The standard InChI is InChI=1S/C21H28N2O4S2/c1-5-23(6-2)29(25,26)20-13-9-18(10-14-20)27-15-21(24)22-16(3)17-7-11-19(28-4)12-8-17/h7-14,16H,5-6,15H2,1-4H3,(H,22,24)/t16-/m1/s1. The summed E-state index contributed by atoms with van der Waals surface area (Å²) < 4.78 is 31.9. The first-order chi connectivity index (χ1) is 13.8. The van der Waals surface area contributed by atoms with Crippen molar-refractivity contribution in [2.45, 2.75) is 36.6 Å². The minimum absolute atomic E-state index is 0.136. The molecule has 2 aromatic rings. The van der Waals surface area contributed by atoms with Gasteiger partial charge in [-0.2, -0.15) is 4.31 Å². The van der Waals surface area contributed by atoms with E-state index in [2.05, 4.69) is 5.32 Å². The number of ether oxygens (including phenoxy) is 1. The first-order valence-corrected chi connectivity index (χ1v) is 12.1. The fourth-order valence-electron chi connectivity index (χ4n) is 2.83. The minimum Gasteiger partial charge on any atom is -0.484 e. The summed E-state index contributed by atoms with van der Waals surface area (Å²) in [6, 6.07) is 14.0. The van der Waals surface area contributed by atoms with Crippen molar-refractivity contribution in [2.75, 3.05) is 26.0 Å². The van der Waals surface area contributed by atoms with Crippen LogP contribution in [0.1, 0.15) is 32.4 Å². The third-order valence-corrected chi connectivity index (χ3v) is 7.34. The van der Waals surface area contributed by atoms with Gasteiger partial charge in [-0.05, 0) is 55.1 Å². The summed E-state index contributed by atoms with van der Waals surface area (Å²) in [5.41, 5.74) is 1.02. The highest BCUT2D eigenvalue weighted by molar-refractivity contribution is 7.98. The highest BCUT2D eigenvalue weighted by atomic mass is 32.2. The van der Waals surface area contributed by atoms with E-state index < -0.39 is 10.0 Å². The number of benzene rings is 2. The largest absolute Gasteiger partial charge is 0.484 e. The van der Waals surface area contributed by atoms with E-state index in [1.165, 1.54) is 21.3 Å². The summed E-state index contributed by atoms with van der Waals surface area (Å²) in [5, 5.41) is 2.90. The summed E-state index contributed by atoms with van der Waals surface area (Å²) in [5.74, 6) is 0.196. The molecule has 158 valence electrons. The molecule has 1 atom stereocenters. The number of hydrogen-bond acceptors (Lipinski definition) is 5. The summed E-state index contributed by atoms with van der Waals surface area (Å²) in [7, 11) is -3.50. The molecule has 0 aromatic heterocycles. The van der Waals surface area contributed by atoms with Crippen LogP contribution in [0.3, 0.4) is 0 Å². The molecule has 0 saturated heterocycles. The van der Waals surface area contributed by atoms with Gasteiger partial charge in [0, 0.05) is 18.0 Å². The Hall–Kier alpha value is -2.03. The summed E-state index contributed by atoms with van der Waals surface area (Å²) in [6.45, 7) is 6.20. The fraction of sp³-hybridized carbons (Fsp3) is 0.381. The monoisotopic (exact) mass is 436 g/mol. The van der Waals surface area contributed by atoms with Gasteiger partial charge in [0.1, 0.15) is 5.75 Å². The van der Waals surface area contributed by atoms with E-state index in [4.69, 9.17) is 4.74 Å². The second kappa shape index (κ2) is 10.7. The van der Waals surface area contributed by atoms with Crippen molar-refractivity contribution in [3.8, 4) is 5.75 Å². The maximum Gasteiger partial charge on any atom is 0.258 e. The lowest BCUT2D eigenvalue weighted by molar-refractivity contribution is -0.123. The number of thioether (sulfide) groups is 1. The summed E-state index contributed by atoms with van der Waals surface area (Å²) in [6.07, 6.45) is 2.02. The van der Waals surface area contributed by atoms with Crippen LogP contribution in [-0.4, -0.2) is 44.6 Å². The molecule has 8 heteroatoms. The Morgan fingerprint density at radius 1 is 1.07 bits per heavy atom. The number of nitrogens with zero attached hydrogens (tertiary/aromatic N) is 1. The molecular weight excluding hydrogens is 408 g/mol. The molecule has 0 aliphatic heterocycles. The average molecular weight is 437 g/mol. The lowest BCUT2D eigenvalue weighted by Gasteiger charge is -2.18. The molecule has 0 heterocycles. The molecule has 0 aliphatic carbocycles. The number of nitrogens with one attached hydrogen (secondary N) is 1. The van der Waals surface area contributed by atoms with E-state index >= 15 is 0 Å². The normalized spacial score (nSPS) is 12.6. The Bertz CT molecular complexity index is 893. The number of carbonyl (C=O) groups excluding carboxylic acids is 1. The van der Waals surface area contributed by atoms with Gasteiger partial charge in [0.15, 0.2) is 6.61 Å². The predicted molar refractivity (Wildman–Crippen MR) is 117 cm³/mol. The van der Waals surface area contributed by atoms with Crippen molar-refractivity contribution in [3.63, 3.8) is 0 Å². The number of rotatable bonds is 10. The van der Waals surface area contributed by atoms with Crippen LogP contribution in [0.15, 0.2) is 58.3 Å². The van der Waals surface area contributed by atoms with Crippen LogP contribution in [0, 0.1) is 0 Å². The minimum atomic E-state index is -3.50. The molecule has 6 nitrogen and oxygen atoms in total. The van der Waals surface area contributed by atoms with Crippen LogP contribution in [0.4, 0.5) is 0 Å². The van der Waals surface area contributed by atoms with E-state index in [0.717, 1.165) is 5.56 Å². The zero-order valence-corrected chi connectivity index (χ0v) is 18.8. The molecule has 29 heavy (non-hydrogen) atoms. The Labute approximate surface area is 177 Å². The maximum absolute atomic E-state index is 12.5. The van der Waals surface area contributed by atoms with Gasteiger partial charge in [-0.25, -0.2) is 8.42 Å². The SMILES string of the molecule is CCN(CC)S(=O)(=O)c1ccc(OCC(=O)N[C@H](C)c2ccc(SC)cc2)cc1. The van der Waals surface area contributed by atoms with E-state index in [0.29, 0.717) is 18.8 Å². The van der Waals surface area contributed by atoms with Gasteiger partial charge in [0.2, 0.25) is 10.0 Å². The highest BCUT2D eigenvalue weighted by Gasteiger charge is 2.21. The Kier molecular flexibility index (Phi) is 8.55. The number of amides is 1. The lowest BCUT2D eigenvalue weighted by atomic mass is 10.1. The average Bonchev–Trinajstić information content (AvgIpc) is 2.73. The molecule has 0 saturated carbocycles. The number of sulfonamides is 1. The molecule has 0 unspecified atom stereocenters. The van der Waals surface area contributed by atoms with E-state index in [9.17, 15) is 13.2 Å². The zero-order chi connectivity index (χ0) is 21.4. The second-order valence-corrected chi connectivity index (χ2v) is 9.23. The van der Waals surface area contributed by atoms with Crippen molar-refractivity contribution in [2.24, 2.45) is 0 Å². The van der Waals surface area contributed by atoms with Crippen molar-refractivity contribution < 1.29 is 17.9 Å². The van der Waals surface area contributed by atoms with Gasteiger partial charge in [-0.3, -0.25) is 4.79 Å². The lowest BCUT2D eigenvalue weighted by Crippen LogP contribution is -2.31. The number of hydrogen-bond donors (Lipinski definition) is 1. The van der Waals surface area contributed by atoms with Crippen molar-refractivity contribution in [1.29, 1.82) is 0 Å². The molecule has 0 bridgehead atoms. The second-order valence-electron chi connectivity index (χ2n) is 6.41. The molecule has 0 aliphatic rings. The van der Waals surface area contributed by atoms with Crippen LogP contribution >= 0.6 is 11.8 Å². The van der Waals surface area contributed by atoms with Gasteiger partial charge in [0.25, 0.3) is 5.91 Å². The van der Waals surface area contributed by atoms with Crippen LogP contribution in [0.25, 0.3) is 0 Å². The maximum atomic E-state index is 12.5. The van der Waals surface area contributed by atoms with Crippen LogP contribution in [-0.2, 0) is 14.8 Å². The van der Waals surface area contributed by atoms with Crippen LogP contribution in [0.5, 0.6) is 5.75 Å². The molecule has 1 amide bonds. The molecule has 0 fully saturated rings. The summed E-state index contributed by atoms with van der Waals surface area (Å²) >= 11 is 1.67. The van der Waals surface area contributed by atoms with Gasteiger partial charge in [0.05, 0.1) is 10.9 Å². The Morgan fingerprint density at radius 3 is 2.17 bits per heavy atom. The molecule has 0 radical (unpaired) electrons. The third-order valence-electron chi connectivity index (χ3n) is 4.53. The predicted octanol–water partition coefficient (Wildman–Crippen LogP) is 3.70. The summed E-state index contributed by atoms with van der Waals surface area (Å²) in [4.78, 5) is 13.6. The fourth-order valence-corrected chi connectivity index (χ4v) is 4.69. The van der Waals surface area contributed by atoms with E-state index in [1.54, 1.807) is 37.7 Å². The van der Waals surface area contributed by atoms with Crippen LogP contribution < -0.4 is 10.1 Å². The quantitative estimate of drug-likeness (QED) is 0.575.